The number of nitrogens with zero attached hydrogens (tertiary/aromatic N) is 3. The van der Waals surface area contributed by atoms with Gasteiger partial charge in [0, 0.05) is 30.7 Å². The molecular weight excluding hydrogens is 376 g/mol. The third-order valence-corrected chi connectivity index (χ3v) is 4.78. The number of aryl methyl sites for hydroxylation is 1. The van der Waals surface area contributed by atoms with Crippen molar-refractivity contribution in [3.8, 4) is 22.7 Å². The topological polar surface area (TPSA) is 69.0 Å². The Balaban J connectivity index is 1.71. The number of nitrogens with one attached hydrogen (secondary N) is 1. The SMILES string of the molecule is COc1cccc(-c2nn(-c3ccc(C)cc3)cc2C(=O)NCc2cccnc2)c1. The molecule has 0 unspecified atom stereocenters. The van der Waals surface area contributed by atoms with Crippen molar-refractivity contribution in [2.45, 2.75) is 13.5 Å². The second kappa shape index (κ2) is 8.61. The summed E-state index contributed by atoms with van der Waals surface area (Å²) in [5.41, 5.74) is 4.88. The number of aromatic nitrogens is 3. The van der Waals surface area contributed by atoms with E-state index < -0.39 is 0 Å². The van der Waals surface area contributed by atoms with Gasteiger partial charge in [0.1, 0.15) is 11.4 Å². The highest BCUT2D eigenvalue weighted by Gasteiger charge is 2.19. The molecule has 0 fully saturated rings. The fourth-order valence-corrected chi connectivity index (χ4v) is 3.13. The summed E-state index contributed by atoms with van der Waals surface area (Å²) in [6.45, 7) is 2.42. The number of pyridine rings is 1. The Hall–Kier alpha value is -3.93. The molecule has 0 saturated heterocycles. The highest BCUT2D eigenvalue weighted by atomic mass is 16.5. The van der Waals surface area contributed by atoms with Crippen LogP contribution in [0.3, 0.4) is 0 Å². The smallest absolute Gasteiger partial charge is 0.255 e. The van der Waals surface area contributed by atoms with Gasteiger partial charge in [-0.25, -0.2) is 4.68 Å². The van der Waals surface area contributed by atoms with Crippen molar-refractivity contribution in [1.82, 2.24) is 20.1 Å². The molecule has 0 aliphatic rings. The molecule has 6 heteroatoms. The molecule has 2 aromatic heterocycles. The van der Waals surface area contributed by atoms with Gasteiger partial charge < -0.3 is 10.1 Å². The van der Waals surface area contributed by atoms with E-state index in [0.29, 0.717) is 23.6 Å². The highest BCUT2D eigenvalue weighted by Crippen LogP contribution is 2.27. The number of methoxy groups -OCH3 is 1. The summed E-state index contributed by atoms with van der Waals surface area (Å²) < 4.78 is 7.07. The summed E-state index contributed by atoms with van der Waals surface area (Å²) in [6, 6.07) is 19.3. The van der Waals surface area contributed by atoms with Gasteiger partial charge in [-0.2, -0.15) is 5.10 Å². The summed E-state index contributed by atoms with van der Waals surface area (Å²) in [6.07, 6.45) is 5.20. The number of amides is 1. The van der Waals surface area contributed by atoms with Crippen LogP contribution >= 0.6 is 0 Å². The summed E-state index contributed by atoms with van der Waals surface area (Å²) in [4.78, 5) is 17.1. The minimum Gasteiger partial charge on any atom is -0.497 e. The predicted octanol–water partition coefficient (Wildman–Crippen LogP) is 4.18. The first-order valence-electron chi connectivity index (χ1n) is 9.62. The number of hydrogen-bond acceptors (Lipinski definition) is 4. The van der Waals surface area contributed by atoms with Gasteiger partial charge in [0.2, 0.25) is 0 Å². The maximum Gasteiger partial charge on any atom is 0.255 e. The van der Waals surface area contributed by atoms with Crippen molar-refractivity contribution in [3.63, 3.8) is 0 Å². The number of carbonyl (C=O) groups excluding carboxylic acids is 1. The van der Waals surface area contributed by atoms with Crippen molar-refractivity contribution >= 4 is 5.91 Å². The van der Waals surface area contributed by atoms with Crippen LogP contribution in [-0.2, 0) is 6.54 Å². The van der Waals surface area contributed by atoms with E-state index in [1.54, 1.807) is 30.4 Å². The molecule has 4 rings (SSSR count). The monoisotopic (exact) mass is 398 g/mol. The molecule has 0 saturated carbocycles. The zero-order valence-electron chi connectivity index (χ0n) is 16.9. The summed E-state index contributed by atoms with van der Waals surface area (Å²) >= 11 is 0. The minimum atomic E-state index is -0.199. The lowest BCUT2D eigenvalue weighted by atomic mass is 10.1. The first kappa shape index (κ1) is 19.4. The molecule has 0 bridgehead atoms. The molecule has 1 N–H and O–H groups in total. The molecule has 6 nitrogen and oxygen atoms in total. The quantitative estimate of drug-likeness (QED) is 0.529. The van der Waals surface area contributed by atoms with Crippen LogP contribution in [0.1, 0.15) is 21.5 Å². The third kappa shape index (κ3) is 4.22. The Morgan fingerprint density at radius 1 is 1.10 bits per heavy atom. The number of carbonyl (C=O) groups is 1. The molecule has 0 aliphatic carbocycles. The molecule has 4 aromatic rings. The third-order valence-electron chi connectivity index (χ3n) is 4.78. The van der Waals surface area contributed by atoms with Crippen LogP contribution in [0.25, 0.3) is 16.9 Å². The van der Waals surface area contributed by atoms with Gasteiger partial charge in [-0.1, -0.05) is 35.9 Å². The second-order valence-corrected chi connectivity index (χ2v) is 6.95. The van der Waals surface area contributed by atoms with E-state index in [0.717, 1.165) is 22.4 Å². The van der Waals surface area contributed by atoms with Crippen LogP contribution in [0.2, 0.25) is 0 Å². The van der Waals surface area contributed by atoms with Gasteiger partial charge >= 0.3 is 0 Å². The molecule has 1 amide bonds. The Labute approximate surface area is 175 Å². The minimum absolute atomic E-state index is 0.199. The Kier molecular flexibility index (Phi) is 5.57. The van der Waals surface area contributed by atoms with Crippen LogP contribution < -0.4 is 10.1 Å². The van der Waals surface area contributed by atoms with Crippen LogP contribution in [0.4, 0.5) is 0 Å². The standard InChI is InChI=1S/C24H22N4O2/c1-17-8-10-20(11-9-17)28-16-22(24(29)26-15-18-5-4-12-25-14-18)23(27-28)19-6-3-7-21(13-19)30-2/h3-14,16H,15H2,1-2H3,(H,26,29). The molecular formula is C24H22N4O2. The predicted molar refractivity (Wildman–Crippen MR) is 116 cm³/mol. The highest BCUT2D eigenvalue weighted by molar-refractivity contribution is 6.00. The number of rotatable bonds is 6. The number of hydrogen-bond donors (Lipinski definition) is 1. The van der Waals surface area contributed by atoms with Crippen LogP contribution in [0, 0.1) is 6.92 Å². The first-order chi connectivity index (χ1) is 14.6. The van der Waals surface area contributed by atoms with E-state index in [1.807, 2.05) is 67.6 Å². The van der Waals surface area contributed by atoms with Gasteiger partial charge in [0.25, 0.3) is 5.91 Å². The van der Waals surface area contributed by atoms with Gasteiger partial charge in [-0.05, 0) is 42.8 Å². The molecule has 150 valence electrons. The summed E-state index contributed by atoms with van der Waals surface area (Å²) in [5, 5.41) is 7.68. The van der Waals surface area contributed by atoms with Gasteiger partial charge in [0.15, 0.2) is 0 Å². The normalized spacial score (nSPS) is 10.6. The zero-order valence-corrected chi connectivity index (χ0v) is 16.9. The van der Waals surface area contributed by atoms with Crippen molar-refractivity contribution in [2.75, 3.05) is 7.11 Å². The van der Waals surface area contributed by atoms with Crippen LogP contribution in [0.15, 0.2) is 79.3 Å². The maximum atomic E-state index is 13.0. The Morgan fingerprint density at radius 3 is 2.67 bits per heavy atom. The van der Waals surface area contributed by atoms with Gasteiger partial charge in [-0.3, -0.25) is 9.78 Å². The van der Waals surface area contributed by atoms with Crippen molar-refractivity contribution in [3.05, 3.63) is 95.9 Å². The zero-order chi connectivity index (χ0) is 20.9. The number of ether oxygens (including phenoxy) is 1. The maximum absolute atomic E-state index is 13.0. The largest absolute Gasteiger partial charge is 0.497 e. The second-order valence-electron chi connectivity index (χ2n) is 6.95. The Morgan fingerprint density at radius 2 is 1.93 bits per heavy atom. The van der Waals surface area contributed by atoms with E-state index >= 15 is 0 Å². The molecule has 2 heterocycles. The lowest BCUT2D eigenvalue weighted by Gasteiger charge is -2.06. The van der Waals surface area contributed by atoms with Crippen molar-refractivity contribution < 1.29 is 9.53 Å². The van der Waals surface area contributed by atoms with Crippen LogP contribution in [0.5, 0.6) is 5.75 Å². The fraction of sp³-hybridized carbons (Fsp3) is 0.125. The average molecular weight is 398 g/mol. The van der Waals surface area contributed by atoms with Gasteiger partial charge in [0.05, 0.1) is 18.4 Å². The average Bonchev–Trinajstić information content (AvgIpc) is 3.24. The molecule has 0 aliphatic heterocycles. The summed E-state index contributed by atoms with van der Waals surface area (Å²) in [5.74, 6) is 0.508. The summed E-state index contributed by atoms with van der Waals surface area (Å²) in [7, 11) is 1.62. The van der Waals surface area contributed by atoms with E-state index in [4.69, 9.17) is 9.84 Å². The van der Waals surface area contributed by atoms with E-state index in [2.05, 4.69) is 10.3 Å². The van der Waals surface area contributed by atoms with Gasteiger partial charge in [-0.15, -0.1) is 0 Å². The molecule has 2 aromatic carbocycles. The van der Waals surface area contributed by atoms with E-state index in [-0.39, 0.29) is 5.91 Å². The lowest BCUT2D eigenvalue weighted by Crippen LogP contribution is -2.23. The van der Waals surface area contributed by atoms with E-state index in [9.17, 15) is 4.79 Å². The molecule has 30 heavy (non-hydrogen) atoms. The Bertz CT molecular complexity index is 1150. The molecule has 0 atom stereocenters. The van der Waals surface area contributed by atoms with Crippen molar-refractivity contribution in [2.24, 2.45) is 0 Å². The van der Waals surface area contributed by atoms with E-state index in [1.165, 1.54) is 0 Å². The number of benzene rings is 2. The molecule has 0 spiro atoms. The van der Waals surface area contributed by atoms with Crippen molar-refractivity contribution in [1.29, 1.82) is 0 Å². The van der Waals surface area contributed by atoms with Crippen LogP contribution in [-0.4, -0.2) is 27.8 Å². The fourth-order valence-electron chi connectivity index (χ4n) is 3.13. The molecule has 0 radical (unpaired) electrons. The first-order valence-corrected chi connectivity index (χ1v) is 9.62. The lowest BCUT2D eigenvalue weighted by molar-refractivity contribution is 0.0951.